The summed E-state index contributed by atoms with van der Waals surface area (Å²) in [6.45, 7) is 6.24. The van der Waals surface area contributed by atoms with E-state index in [0.29, 0.717) is 48.8 Å². The molecule has 2 aromatic carbocycles. The van der Waals surface area contributed by atoms with Crippen molar-refractivity contribution in [1.29, 1.82) is 0 Å². The Morgan fingerprint density at radius 1 is 1.02 bits per heavy atom. The number of anilines is 1. The highest BCUT2D eigenvalue weighted by molar-refractivity contribution is 5.82. The second kappa shape index (κ2) is 12.5. The first-order valence-corrected chi connectivity index (χ1v) is 14.2. The molecule has 0 aliphatic carbocycles. The third kappa shape index (κ3) is 6.67. The van der Waals surface area contributed by atoms with Gasteiger partial charge in [0.2, 0.25) is 5.95 Å². The summed E-state index contributed by atoms with van der Waals surface area (Å²) in [5.41, 5.74) is 3.36. The fraction of sp³-hybridized carbons (Fsp3) is 0.344. The van der Waals surface area contributed by atoms with Crippen molar-refractivity contribution in [1.82, 2.24) is 25.1 Å². The van der Waals surface area contributed by atoms with Gasteiger partial charge in [0.1, 0.15) is 11.8 Å². The van der Waals surface area contributed by atoms with Gasteiger partial charge in [0, 0.05) is 36.3 Å². The Morgan fingerprint density at radius 2 is 1.74 bits per heavy atom. The topological polar surface area (TPSA) is 104 Å². The van der Waals surface area contributed by atoms with Gasteiger partial charge in [0.15, 0.2) is 0 Å². The number of alkyl halides is 3. The van der Waals surface area contributed by atoms with Crippen LogP contribution in [0.3, 0.4) is 0 Å². The van der Waals surface area contributed by atoms with E-state index in [1.165, 1.54) is 13.0 Å². The third-order valence-corrected chi connectivity index (χ3v) is 7.82. The molecule has 224 valence electrons. The monoisotopic (exact) mass is 590 g/mol. The highest BCUT2D eigenvalue weighted by Crippen LogP contribution is 2.39. The summed E-state index contributed by atoms with van der Waals surface area (Å²) in [5, 5.41) is 22.0. The van der Waals surface area contributed by atoms with E-state index in [4.69, 9.17) is 4.98 Å². The summed E-state index contributed by atoms with van der Waals surface area (Å²) >= 11 is 0. The van der Waals surface area contributed by atoms with Crippen LogP contribution in [0.4, 0.5) is 19.1 Å². The fourth-order valence-electron chi connectivity index (χ4n) is 5.50. The van der Waals surface area contributed by atoms with Crippen LogP contribution in [0, 0.1) is 6.92 Å². The van der Waals surface area contributed by atoms with E-state index in [-0.39, 0.29) is 29.1 Å². The first-order valence-electron chi connectivity index (χ1n) is 14.2. The van der Waals surface area contributed by atoms with Crippen molar-refractivity contribution in [2.24, 2.45) is 0 Å². The normalized spacial score (nSPS) is 15.7. The molecule has 0 spiro atoms. The van der Waals surface area contributed by atoms with Crippen molar-refractivity contribution in [3.05, 3.63) is 89.2 Å². The maximum atomic E-state index is 13.6. The lowest BCUT2D eigenvalue weighted by molar-refractivity contribution is -0.140. The molecule has 0 saturated carbocycles. The molecule has 1 aliphatic heterocycles. The Kier molecular flexibility index (Phi) is 8.72. The van der Waals surface area contributed by atoms with Gasteiger partial charge in [-0.2, -0.15) is 18.3 Å². The average Bonchev–Trinajstić information content (AvgIpc) is 3.01. The SMILES string of the molecule is Cc1c(C2CCN(C(=O)[C@@H](C)O)CC2)nnc(-c2cccc(C(F)(F)F)c2)c1-c1ccnc(NC(C)c2ccccc2)n1. The summed E-state index contributed by atoms with van der Waals surface area (Å²) in [5.74, 6) is 0.0246. The maximum absolute atomic E-state index is 13.6. The number of piperidine rings is 1. The second-order valence-electron chi connectivity index (χ2n) is 10.8. The molecule has 1 aliphatic rings. The minimum Gasteiger partial charge on any atom is -0.384 e. The number of hydrogen-bond donors (Lipinski definition) is 2. The molecule has 2 aromatic heterocycles. The number of nitrogens with zero attached hydrogens (tertiary/aromatic N) is 5. The number of carbonyl (C=O) groups is 1. The standard InChI is InChI=1S/C32H33F3N6O2/c1-19-27(26-12-15-36-31(38-26)37-20(2)22-8-5-4-6-9-22)29(24-10-7-11-25(18-24)32(33,34)35)40-39-28(19)23-13-16-41(17-14-23)30(43)21(3)42/h4-12,15,18,20-21,23,42H,13-14,16-17H2,1-3H3,(H,36,37,38)/t20?,21-/m1/s1. The first-order chi connectivity index (χ1) is 20.5. The number of aromatic nitrogens is 4. The van der Waals surface area contributed by atoms with Crippen molar-refractivity contribution in [3.8, 4) is 22.5 Å². The number of rotatable bonds is 7. The first kappa shape index (κ1) is 30.1. The smallest absolute Gasteiger partial charge is 0.384 e. The maximum Gasteiger partial charge on any atom is 0.416 e. The van der Waals surface area contributed by atoms with Crippen LogP contribution < -0.4 is 5.32 Å². The molecule has 2 N–H and O–H groups in total. The molecule has 1 unspecified atom stereocenters. The van der Waals surface area contributed by atoms with Crippen molar-refractivity contribution in [2.75, 3.05) is 18.4 Å². The van der Waals surface area contributed by atoms with E-state index in [0.717, 1.165) is 23.3 Å². The summed E-state index contributed by atoms with van der Waals surface area (Å²) in [4.78, 5) is 23.1. The van der Waals surface area contributed by atoms with E-state index in [9.17, 15) is 23.1 Å². The van der Waals surface area contributed by atoms with Gasteiger partial charge in [-0.05, 0) is 62.9 Å². The van der Waals surface area contributed by atoms with Gasteiger partial charge in [-0.25, -0.2) is 9.97 Å². The Labute approximate surface area is 248 Å². The zero-order valence-corrected chi connectivity index (χ0v) is 24.1. The molecule has 3 heterocycles. The Morgan fingerprint density at radius 3 is 2.42 bits per heavy atom. The molecule has 2 atom stereocenters. The van der Waals surface area contributed by atoms with Gasteiger partial charge in [-0.3, -0.25) is 4.79 Å². The lowest BCUT2D eigenvalue weighted by atomic mass is 9.87. The number of aliphatic hydroxyl groups is 1. The summed E-state index contributed by atoms with van der Waals surface area (Å²) < 4.78 is 40.9. The molecular weight excluding hydrogens is 557 g/mol. The molecule has 8 nitrogen and oxygen atoms in total. The second-order valence-corrected chi connectivity index (χ2v) is 10.8. The van der Waals surface area contributed by atoms with Gasteiger partial charge in [0.05, 0.1) is 23.0 Å². The number of hydrogen-bond acceptors (Lipinski definition) is 7. The number of likely N-dealkylation sites (tertiary alicyclic amines) is 1. The average molecular weight is 591 g/mol. The molecule has 0 bridgehead atoms. The van der Waals surface area contributed by atoms with Gasteiger partial charge in [-0.15, -0.1) is 5.10 Å². The largest absolute Gasteiger partial charge is 0.416 e. The summed E-state index contributed by atoms with van der Waals surface area (Å²) in [6, 6.07) is 16.5. The predicted molar refractivity (Wildman–Crippen MR) is 157 cm³/mol. The molecule has 11 heteroatoms. The molecule has 0 radical (unpaired) electrons. The Bertz CT molecular complexity index is 1590. The summed E-state index contributed by atoms with van der Waals surface area (Å²) in [6.07, 6.45) is -2.75. The molecule has 4 aromatic rings. The Hall–Kier alpha value is -4.38. The van der Waals surface area contributed by atoms with Crippen LogP contribution >= 0.6 is 0 Å². The van der Waals surface area contributed by atoms with Crippen molar-refractivity contribution >= 4 is 11.9 Å². The van der Waals surface area contributed by atoms with Crippen molar-refractivity contribution < 1.29 is 23.1 Å². The highest BCUT2D eigenvalue weighted by Gasteiger charge is 2.32. The van der Waals surface area contributed by atoms with Crippen LogP contribution in [0.1, 0.15) is 61.0 Å². The number of carbonyl (C=O) groups excluding carboxylic acids is 1. The van der Waals surface area contributed by atoms with Crippen LogP contribution in [0.5, 0.6) is 0 Å². The minimum atomic E-state index is -4.52. The highest BCUT2D eigenvalue weighted by atomic mass is 19.4. The van der Waals surface area contributed by atoms with Crippen LogP contribution in [-0.4, -0.2) is 55.3 Å². The van der Waals surface area contributed by atoms with Crippen LogP contribution in [-0.2, 0) is 11.0 Å². The molecule has 43 heavy (non-hydrogen) atoms. The molecule has 1 fully saturated rings. The number of nitrogens with one attached hydrogen (secondary N) is 1. The number of benzene rings is 2. The van der Waals surface area contributed by atoms with E-state index in [1.54, 1.807) is 23.2 Å². The lowest BCUT2D eigenvalue weighted by Gasteiger charge is -2.33. The van der Waals surface area contributed by atoms with Crippen LogP contribution in [0.2, 0.25) is 0 Å². The minimum absolute atomic E-state index is 0.0302. The van der Waals surface area contributed by atoms with Gasteiger partial charge < -0.3 is 15.3 Å². The van der Waals surface area contributed by atoms with Gasteiger partial charge in [0.25, 0.3) is 5.91 Å². The molecule has 1 saturated heterocycles. The Balaban J connectivity index is 1.55. The number of aliphatic hydroxyl groups excluding tert-OH is 1. The molecule has 5 rings (SSSR count). The predicted octanol–water partition coefficient (Wildman–Crippen LogP) is 6.19. The van der Waals surface area contributed by atoms with Gasteiger partial charge >= 0.3 is 6.18 Å². The summed E-state index contributed by atoms with van der Waals surface area (Å²) in [7, 11) is 0. The van der Waals surface area contributed by atoms with E-state index in [1.807, 2.05) is 44.2 Å². The van der Waals surface area contributed by atoms with E-state index in [2.05, 4.69) is 20.5 Å². The van der Waals surface area contributed by atoms with Crippen LogP contribution in [0.25, 0.3) is 22.5 Å². The third-order valence-electron chi connectivity index (χ3n) is 7.82. The molecular formula is C32H33F3N6O2. The lowest BCUT2D eigenvalue weighted by Crippen LogP contribution is -2.42. The van der Waals surface area contributed by atoms with Crippen molar-refractivity contribution in [2.45, 2.75) is 57.9 Å². The fourth-order valence-corrected chi connectivity index (χ4v) is 5.50. The zero-order valence-electron chi connectivity index (χ0n) is 24.1. The molecule has 1 amide bonds. The van der Waals surface area contributed by atoms with Gasteiger partial charge in [-0.1, -0.05) is 42.5 Å². The van der Waals surface area contributed by atoms with E-state index < -0.39 is 17.8 Å². The number of halogens is 3. The van der Waals surface area contributed by atoms with E-state index >= 15 is 0 Å². The zero-order chi connectivity index (χ0) is 30.7. The quantitative estimate of drug-likeness (QED) is 0.265. The van der Waals surface area contributed by atoms with Crippen molar-refractivity contribution in [3.63, 3.8) is 0 Å². The number of amides is 1. The van der Waals surface area contributed by atoms with Crippen LogP contribution in [0.15, 0.2) is 66.9 Å².